The van der Waals surface area contributed by atoms with Crippen molar-refractivity contribution in [2.45, 2.75) is 38.5 Å². The van der Waals surface area contributed by atoms with Gasteiger partial charge >= 0.3 is 47.8 Å². The number of hydrogen-bond donors (Lipinski definition) is 8. The molecule has 0 atom stereocenters. The Morgan fingerprint density at radius 1 is 0.233 bits per heavy atom. The van der Waals surface area contributed by atoms with Crippen LogP contribution in [-0.2, 0) is 67.3 Å². The van der Waals surface area contributed by atoms with Crippen molar-refractivity contribution in [1.82, 2.24) is 0 Å². The van der Waals surface area contributed by atoms with Crippen LogP contribution in [0.2, 0.25) is 0 Å². The summed E-state index contributed by atoms with van der Waals surface area (Å²) in [5, 5.41) is 79.4. The zero-order valence-electron chi connectivity index (χ0n) is 45.5. The van der Waals surface area contributed by atoms with Gasteiger partial charge in [0.1, 0.15) is 9.75 Å². The van der Waals surface area contributed by atoms with Crippen LogP contribution in [0.4, 0.5) is 0 Å². The van der Waals surface area contributed by atoms with Gasteiger partial charge in [0, 0.05) is 97.5 Å². The maximum atomic E-state index is 11.9. The van der Waals surface area contributed by atoms with Crippen molar-refractivity contribution >= 4 is 184 Å². The van der Waals surface area contributed by atoms with E-state index >= 15 is 0 Å². The fourth-order valence-electron chi connectivity index (χ4n) is 9.44. The second kappa shape index (κ2) is 27.3. The van der Waals surface area contributed by atoms with Crippen molar-refractivity contribution in [2.75, 3.05) is 0 Å². The summed E-state index contributed by atoms with van der Waals surface area (Å²) in [4.78, 5) is 110. The molecule has 12 rings (SSSR count). The lowest BCUT2D eigenvalue weighted by Crippen LogP contribution is -1.99. The molecule has 0 aliphatic rings. The molecule has 0 bridgehead atoms. The van der Waals surface area contributed by atoms with Crippen LogP contribution in [0.1, 0.15) is 52.7 Å². The smallest absolute Gasteiger partial charge is 0.345 e. The van der Waals surface area contributed by atoms with Crippen molar-refractivity contribution < 1.29 is 79.2 Å². The Hall–Kier alpha value is -7.84. The van der Waals surface area contributed by atoms with E-state index in [0.29, 0.717) is 22.3 Å². The molecule has 0 aliphatic heterocycles. The van der Waals surface area contributed by atoms with Crippen LogP contribution in [0.5, 0.6) is 0 Å². The van der Waals surface area contributed by atoms with Gasteiger partial charge in [-0.2, -0.15) is 0 Å². The van der Waals surface area contributed by atoms with E-state index in [4.69, 9.17) is 0 Å². The number of thiophene rings is 12. The second-order valence-electron chi connectivity index (χ2n) is 19.4. The quantitative estimate of drug-likeness (QED) is 0.0279. The fourth-order valence-corrected chi connectivity index (χ4v) is 23.0. The van der Waals surface area contributed by atoms with Crippen LogP contribution >= 0.6 is 136 Å². The molecule has 456 valence electrons. The van der Waals surface area contributed by atoms with Gasteiger partial charge in [-0.1, -0.05) is 0 Å². The fraction of sp³-hybridized carbons (Fsp3) is 0.0968. The Bertz CT molecular complexity index is 4460. The lowest BCUT2D eigenvalue weighted by molar-refractivity contribution is -0.137. The molecule has 0 saturated heterocycles. The molecule has 0 aliphatic carbocycles. The SMILES string of the molecule is O=C(O)Cc1cc(-c2ccc(C(=O)O)s2)sc1-c1ccc(-c2sc(-c3ccc(C(=O)O)s3)cc2CC(=O)O)s1.O=C(O)Cc1ccsc1-c1ccc(-c2sc(-c3ccc(-c4cc(CC(=O)O)c(-c5ccc(-c6sccc6CC(=O)O)s5)s4)s3)cc2CC(=O)O)s1. The largest absolute Gasteiger partial charge is 0.481 e. The zero-order valence-corrected chi connectivity index (χ0v) is 55.3. The van der Waals surface area contributed by atoms with E-state index in [0.717, 1.165) is 131 Å². The van der Waals surface area contributed by atoms with E-state index in [-0.39, 0.29) is 48.3 Å². The highest BCUT2D eigenvalue weighted by atomic mass is 32.1. The summed E-state index contributed by atoms with van der Waals surface area (Å²) in [6.45, 7) is 0. The number of carboxylic acid groups (broad SMARTS) is 8. The summed E-state index contributed by atoms with van der Waals surface area (Å²) in [7, 11) is 0. The Balaban J connectivity index is 0.000000192. The number of hydrogen-bond acceptors (Lipinski definition) is 20. The van der Waals surface area contributed by atoms with E-state index in [2.05, 4.69) is 0 Å². The molecule has 12 aromatic heterocycles. The summed E-state index contributed by atoms with van der Waals surface area (Å²) >= 11 is 17.0. The predicted octanol–water partition coefficient (Wildman–Crippen LogP) is 17.9. The van der Waals surface area contributed by atoms with Gasteiger partial charge in [-0.3, -0.25) is 28.8 Å². The average molecular weight is 1430 g/mol. The Morgan fingerprint density at radius 2 is 0.456 bits per heavy atom. The van der Waals surface area contributed by atoms with Crippen LogP contribution in [0.15, 0.2) is 120 Å². The molecule has 0 unspecified atom stereocenters. The van der Waals surface area contributed by atoms with E-state index in [9.17, 15) is 79.2 Å². The van der Waals surface area contributed by atoms with Crippen LogP contribution < -0.4 is 0 Å². The average Bonchev–Trinajstić information content (AvgIpc) is 1.75. The second-order valence-corrected chi connectivity index (χ2v) is 32.0. The highest BCUT2D eigenvalue weighted by Gasteiger charge is 2.25. The number of carboxylic acids is 8. The molecule has 16 nitrogen and oxygen atoms in total. The van der Waals surface area contributed by atoms with Crippen molar-refractivity contribution in [1.29, 1.82) is 0 Å². The highest BCUT2D eigenvalue weighted by molar-refractivity contribution is 7.32. The van der Waals surface area contributed by atoms with E-state index in [1.54, 1.807) is 35.6 Å². The third-order valence-electron chi connectivity index (χ3n) is 13.2. The third kappa shape index (κ3) is 14.5. The first-order chi connectivity index (χ1) is 43.1. The summed E-state index contributed by atoms with van der Waals surface area (Å²) in [6.07, 6.45) is -0.813. The van der Waals surface area contributed by atoms with Gasteiger partial charge in [-0.15, -0.1) is 136 Å². The Kier molecular flexibility index (Phi) is 19.3. The lowest BCUT2D eigenvalue weighted by atomic mass is 10.1. The van der Waals surface area contributed by atoms with Crippen LogP contribution in [0, 0.1) is 0 Å². The van der Waals surface area contributed by atoms with E-state index in [1.807, 2.05) is 83.6 Å². The lowest BCUT2D eigenvalue weighted by Gasteiger charge is -1.99. The van der Waals surface area contributed by atoms with Crippen molar-refractivity contribution in [2.24, 2.45) is 0 Å². The molecule has 0 amide bonds. The van der Waals surface area contributed by atoms with Crippen LogP contribution in [0.25, 0.3) is 97.5 Å². The van der Waals surface area contributed by atoms with Gasteiger partial charge in [0.15, 0.2) is 0 Å². The maximum absolute atomic E-state index is 11.9. The molecule has 12 aromatic rings. The summed E-state index contributed by atoms with van der Waals surface area (Å²) < 4.78 is 0. The van der Waals surface area contributed by atoms with Gasteiger partial charge in [0.2, 0.25) is 0 Å². The molecule has 8 N–H and O–H groups in total. The molecular formula is C62H40O16S12. The molecule has 0 spiro atoms. The molecule has 0 fully saturated rings. The monoisotopic (exact) mass is 1420 g/mol. The van der Waals surface area contributed by atoms with E-state index in [1.165, 1.54) is 114 Å². The van der Waals surface area contributed by atoms with E-state index < -0.39 is 47.8 Å². The zero-order chi connectivity index (χ0) is 63.7. The normalized spacial score (nSPS) is 11.2. The predicted molar refractivity (Wildman–Crippen MR) is 364 cm³/mol. The first-order valence-electron chi connectivity index (χ1n) is 26.1. The first kappa shape index (κ1) is 63.7. The minimum atomic E-state index is -1.02. The molecule has 0 aromatic carbocycles. The van der Waals surface area contributed by atoms with Gasteiger partial charge in [0.05, 0.1) is 38.5 Å². The van der Waals surface area contributed by atoms with Gasteiger partial charge in [-0.25, -0.2) is 9.59 Å². The standard InChI is InChI=1S/C36H24O8S7.C26H16O8S5/c37-29(38)13-17-7-9-45-33(17)23-3-5-25(48-23)35-19(15-31(41)42)11-27(50-35)21-1-2-22(47-21)28-12-20(16-32(43)44)36(51-28)26-6-4-24(49-26)34-18(8-10-46-34)14-30(39)40;27-21(28)9-11-7-19(13-1-5-17(35-13)25(31)32)38-23(11)15-3-4-16(37-15)24-12(10-22(29)30)8-20(39-24)14-2-6-18(36-14)26(33)34/h1-12H,13-16H2,(H,37,38)(H,39,40)(H,41,42)(H,43,44);1-8H,9-10H2,(H,27,28)(H,29,30)(H,31,32)(H,33,34). The van der Waals surface area contributed by atoms with Gasteiger partial charge in [0.25, 0.3) is 0 Å². The number of aromatic carboxylic acids is 2. The molecular weight excluding hydrogens is 1390 g/mol. The topological polar surface area (TPSA) is 298 Å². The first-order valence-corrected chi connectivity index (χ1v) is 36.1. The minimum absolute atomic E-state index is 0.0668. The summed E-state index contributed by atoms with van der Waals surface area (Å²) in [5.74, 6) is -7.68. The maximum Gasteiger partial charge on any atom is 0.345 e. The molecule has 12 heterocycles. The molecule has 28 heteroatoms. The number of carbonyl (C=O) groups is 8. The van der Waals surface area contributed by atoms with Crippen molar-refractivity contribution in [3.8, 4) is 97.5 Å². The van der Waals surface area contributed by atoms with Crippen LogP contribution in [0.3, 0.4) is 0 Å². The number of aliphatic carboxylic acids is 6. The molecule has 0 saturated carbocycles. The minimum Gasteiger partial charge on any atom is -0.481 e. The summed E-state index contributed by atoms with van der Waals surface area (Å²) in [6, 6.07) is 33.1. The third-order valence-corrected chi connectivity index (χ3v) is 28.1. The number of rotatable bonds is 24. The molecule has 90 heavy (non-hydrogen) atoms. The summed E-state index contributed by atoms with van der Waals surface area (Å²) in [5.41, 5.74) is 4.13. The molecule has 0 radical (unpaired) electrons. The van der Waals surface area contributed by atoms with Gasteiger partial charge in [-0.05, 0) is 153 Å². The van der Waals surface area contributed by atoms with Crippen LogP contribution in [-0.4, -0.2) is 88.6 Å². The van der Waals surface area contributed by atoms with Crippen molar-refractivity contribution in [3.63, 3.8) is 0 Å². The Labute approximate surface area is 557 Å². The Morgan fingerprint density at radius 3 is 0.711 bits per heavy atom. The van der Waals surface area contributed by atoms with Crippen molar-refractivity contribution in [3.05, 3.63) is 163 Å². The highest BCUT2D eigenvalue weighted by Crippen LogP contribution is 2.52. The van der Waals surface area contributed by atoms with Gasteiger partial charge < -0.3 is 40.9 Å².